The maximum atomic E-state index is 16.1. The molecule has 0 fully saturated rings. The Hall–Kier alpha value is -3.71. The lowest BCUT2D eigenvalue weighted by Gasteiger charge is -2.18. The molecule has 0 spiro atoms. The Labute approximate surface area is 261 Å². The molecule has 0 radical (unpaired) electrons. The van der Waals surface area contributed by atoms with Crippen LogP contribution in [-0.2, 0) is 9.47 Å². The monoisotopic (exact) mass is 606 g/mol. The predicted molar refractivity (Wildman–Crippen MR) is 172 cm³/mol. The molecule has 3 aromatic rings. The van der Waals surface area contributed by atoms with Gasteiger partial charge in [-0.3, -0.25) is 0 Å². The predicted octanol–water partition coefficient (Wildman–Crippen LogP) is 9.59. The SMILES string of the molecule is CCCCCCC(C)OC(=O)c1ccccc1OC(=O)c1ccc(-c2ccccc2)c(OCCCC(CCCC)OC)c1F. The van der Waals surface area contributed by atoms with Crippen LogP contribution in [0.2, 0.25) is 0 Å². The molecule has 6 nitrogen and oxygen atoms in total. The van der Waals surface area contributed by atoms with E-state index in [1.54, 1.807) is 25.3 Å². The Morgan fingerprint density at radius 1 is 0.750 bits per heavy atom. The van der Waals surface area contributed by atoms with E-state index >= 15 is 4.39 Å². The fourth-order valence-corrected chi connectivity index (χ4v) is 5.04. The summed E-state index contributed by atoms with van der Waals surface area (Å²) in [5.41, 5.74) is 1.11. The molecule has 3 rings (SSSR count). The van der Waals surface area contributed by atoms with Crippen molar-refractivity contribution in [1.82, 2.24) is 0 Å². The minimum absolute atomic E-state index is 0.00683. The number of unbranched alkanes of at least 4 members (excludes halogenated alkanes) is 4. The van der Waals surface area contributed by atoms with Crippen LogP contribution in [0, 0.1) is 5.82 Å². The van der Waals surface area contributed by atoms with Gasteiger partial charge in [-0.1, -0.05) is 88.4 Å². The molecule has 0 aromatic heterocycles. The van der Waals surface area contributed by atoms with E-state index in [-0.39, 0.29) is 41.4 Å². The van der Waals surface area contributed by atoms with E-state index in [0.29, 0.717) is 12.0 Å². The van der Waals surface area contributed by atoms with Gasteiger partial charge >= 0.3 is 11.9 Å². The molecule has 0 aliphatic heterocycles. The summed E-state index contributed by atoms with van der Waals surface area (Å²) < 4.78 is 38.8. The Bertz CT molecular complexity index is 1310. The van der Waals surface area contributed by atoms with Gasteiger partial charge < -0.3 is 18.9 Å². The first kappa shape index (κ1) is 34.8. The smallest absolute Gasteiger partial charge is 0.346 e. The largest absolute Gasteiger partial charge is 0.490 e. The quantitative estimate of drug-likeness (QED) is 0.0769. The number of esters is 2. The topological polar surface area (TPSA) is 71.1 Å². The summed E-state index contributed by atoms with van der Waals surface area (Å²) in [6.45, 7) is 6.40. The summed E-state index contributed by atoms with van der Waals surface area (Å²) in [5.74, 6) is -2.34. The van der Waals surface area contributed by atoms with Crippen LogP contribution < -0.4 is 9.47 Å². The molecule has 0 heterocycles. The molecular formula is C37H47FO6. The summed E-state index contributed by atoms with van der Waals surface area (Å²) in [4.78, 5) is 26.3. The summed E-state index contributed by atoms with van der Waals surface area (Å²) in [7, 11) is 1.70. The van der Waals surface area contributed by atoms with Crippen molar-refractivity contribution in [1.29, 1.82) is 0 Å². The van der Waals surface area contributed by atoms with Gasteiger partial charge in [0.2, 0.25) is 0 Å². The normalized spacial score (nSPS) is 12.4. The highest BCUT2D eigenvalue weighted by Crippen LogP contribution is 2.35. The number of carbonyl (C=O) groups is 2. The zero-order valence-electron chi connectivity index (χ0n) is 26.6. The fraction of sp³-hybridized carbons (Fsp3) is 0.459. The van der Waals surface area contributed by atoms with Crippen molar-refractivity contribution in [3.63, 3.8) is 0 Å². The summed E-state index contributed by atoms with van der Waals surface area (Å²) in [6.07, 6.45) is 9.49. The van der Waals surface area contributed by atoms with Gasteiger partial charge in [-0.05, 0) is 68.9 Å². The summed E-state index contributed by atoms with van der Waals surface area (Å²) >= 11 is 0. The van der Waals surface area contributed by atoms with Crippen LogP contribution in [0.3, 0.4) is 0 Å². The van der Waals surface area contributed by atoms with E-state index in [1.807, 2.05) is 37.3 Å². The molecule has 0 saturated carbocycles. The van der Waals surface area contributed by atoms with E-state index < -0.39 is 17.8 Å². The molecule has 0 amide bonds. The molecule has 0 aliphatic rings. The number of hydrogen-bond acceptors (Lipinski definition) is 6. The molecular weight excluding hydrogens is 559 g/mol. The van der Waals surface area contributed by atoms with Gasteiger partial charge in [-0.15, -0.1) is 0 Å². The third-order valence-electron chi connectivity index (χ3n) is 7.61. The Balaban J connectivity index is 1.77. The minimum atomic E-state index is -0.932. The van der Waals surface area contributed by atoms with E-state index in [4.69, 9.17) is 18.9 Å². The van der Waals surface area contributed by atoms with Gasteiger partial charge in [-0.2, -0.15) is 0 Å². The molecule has 7 heteroatoms. The number of methoxy groups -OCH3 is 1. The molecule has 0 saturated heterocycles. The van der Waals surface area contributed by atoms with Crippen LogP contribution in [0.15, 0.2) is 66.7 Å². The molecule has 3 aromatic carbocycles. The first-order valence-corrected chi connectivity index (χ1v) is 15.9. The van der Waals surface area contributed by atoms with Crippen LogP contribution in [0.25, 0.3) is 11.1 Å². The highest BCUT2D eigenvalue weighted by molar-refractivity contribution is 5.97. The molecule has 0 aliphatic carbocycles. The molecule has 2 atom stereocenters. The molecule has 238 valence electrons. The Morgan fingerprint density at radius 3 is 2.18 bits per heavy atom. The maximum absolute atomic E-state index is 16.1. The van der Waals surface area contributed by atoms with Crippen molar-refractivity contribution in [3.05, 3.63) is 83.7 Å². The van der Waals surface area contributed by atoms with E-state index in [2.05, 4.69) is 13.8 Å². The van der Waals surface area contributed by atoms with Crippen molar-refractivity contribution >= 4 is 11.9 Å². The highest BCUT2D eigenvalue weighted by atomic mass is 19.1. The summed E-state index contributed by atoms with van der Waals surface area (Å²) in [6, 6.07) is 18.7. The second-order valence-corrected chi connectivity index (χ2v) is 11.1. The molecule has 0 N–H and O–H groups in total. The standard InChI is InChI=1S/C37H47FO6/c1-5-7-9-11-17-27(3)43-36(39)31-22-14-15-23-33(31)44-37(40)32-25-24-30(28-18-12-10-13-19-28)35(34(32)38)42-26-16-21-29(41-4)20-8-6-2/h10,12-15,18-19,22-25,27,29H,5-9,11,16-17,20-21,26H2,1-4H3. The van der Waals surface area contributed by atoms with Crippen LogP contribution in [0.1, 0.15) is 106 Å². The second kappa shape index (κ2) is 18.8. The number of hydrogen-bond donors (Lipinski definition) is 0. The zero-order valence-corrected chi connectivity index (χ0v) is 26.6. The zero-order chi connectivity index (χ0) is 31.7. The lowest BCUT2D eigenvalue weighted by atomic mass is 10.0. The lowest BCUT2D eigenvalue weighted by molar-refractivity contribution is 0.0315. The molecule has 2 unspecified atom stereocenters. The highest BCUT2D eigenvalue weighted by Gasteiger charge is 2.25. The third kappa shape index (κ3) is 10.5. The lowest BCUT2D eigenvalue weighted by Crippen LogP contribution is -2.18. The van der Waals surface area contributed by atoms with Crippen LogP contribution in [0.5, 0.6) is 11.5 Å². The van der Waals surface area contributed by atoms with Gasteiger partial charge in [0, 0.05) is 12.7 Å². The van der Waals surface area contributed by atoms with Crippen molar-refractivity contribution in [2.45, 2.75) is 97.2 Å². The van der Waals surface area contributed by atoms with Crippen LogP contribution in [0.4, 0.5) is 4.39 Å². The van der Waals surface area contributed by atoms with Crippen LogP contribution in [-0.4, -0.2) is 37.9 Å². The van der Waals surface area contributed by atoms with E-state index in [9.17, 15) is 9.59 Å². The van der Waals surface area contributed by atoms with Crippen molar-refractivity contribution < 1.29 is 32.9 Å². The van der Waals surface area contributed by atoms with Crippen molar-refractivity contribution in [2.24, 2.45) is 0 Å². The van der Waals surface area contributed by atoms with E-state index in [1.165, 1.54) is 18.2 Å². The Kier molecular flexibility index (Phi) is 14.9. The van der Waals surface area contributed by atoms with Crippen molar-refractivity contribution in [3.8, 4) is 22.6 Å². The average Bonchev–Trinajstić information content (AvgIpc) is 3.03. The molecule has 0 bridgehead atoms. The summed E-state index contributed by atoms with van der Waals surface area (Å²) in [5, 5.41) is 0. The van der Waals surface area contributed by atoms with Crippen LogP contribution >= 0.6 is 0 Å². The number of para-hydroxylation sites is 1. The van der Waals surface area contributed by atoms with Gasteiger partial charge in [0.05, 0.1) is 24.4 Å². The Morgan fingerprint density at radius 2 is 1.45 bits per heavy atom. The van der Waals surface area contributed by atoms with Crippen molar-refractivity contribution in [2.75, 3.05) is 13.7 Å². The minimum Gasteiger partial charge on any atom is -0.490 e. The number of halogens is 1. The first-order chi connectivity index (χ1) is 21.4. The fourth-order valence-electron chi connectivity index (χ4n) is 5.04. The number of benzene rings is 3. The number of rotatable bonds is 19. The first-order valence-electron chi connectivity index (χ1n) is 15.9. The van der Waals surface area contributed by atoms with Gasteiger partial charge in [0.25, 0.3) is 0 Å². The number of carbonyl (C=O) groups excluding carboxylic acids is 2. The molecule has 44 heavy (non-hydrogen) atoms. The number of ether oxygens (including phenoxy) is 4. The van der Waals surface area contributed by atoms with Gasteiger partial charge in [-0.25, -0.2) is 14.0 Å². The average molecular weight is 607 g/mol. The van der Waals surface area contributed by atoms with Gasteiger partial charge in [0.1, 0.15) is 11.3 Å². The third-order valence-corrected chi connectivity index (χ3v) is 7.61. The van der Waals surface area contributed by atoms with Gasteiger partial charge in [0.15, 0.2) is 11.6 Å². The van der Waals surface area contributed by atoms with E-state index in [0.717, 1.165) is 63.4 Å². The maximum Gasteiger partial charge on any atom is 0.346 e. The second-order valence-electron chi connectivity index (χ2n) is 11.1.